The third-order valence-corrected chi connectivity index (χ3v) is 5.22. The highest BCUT2D eigenvalue weighted by atomic mass is 32.2. The average molecular weight is 340 g/mol. The molecule has 1 amide bonds. The smallest absolute Gasteiger partial charge is 0.224 e. The first kappa shape index (κ1) is 16.5. The van der Waals surface area contributed by atoms with Gasteiger partial charge in [0.25, 0.3) is 0 Å². The molecule has 1 N–H and O–H groups in total. The summed E-state index contributed by atoms with van der Waals surface area (Å²) in [5.74, 6) is 3.04. The van der Waals surface area contributed by atoms with Gasteiger partial charge in [-0.3, -0.25) is 4.79 Å². The van der Waals surface area contributed by atoms with E-state index in [9.17, 15) is 13.2 Å². The molecule has 2 saturated carbocycles. The second-order valence-corrected chi connectivity index (χ2v) is 8.63. The molecule has 23 heavy (non-hydrogen) atoms. The number of nitrogens with zero attached hydrogens (tertiary/aromatic N) is 1. The molecule has 0 bridgehead atoms. The van der Waals surface area contributed by atoms with Gasteiger partial charge in [0.15, 0.2) is 0 Å². The van der Waals surface area contributed by atoms with Crippen LogP contribution < -0.4 is 4.72 Å². The minimum absolute atomic E-state index is 0.0265. The number of amides is 1. The average Bonchev–Trinajstić information content (AvgIpc) is 3.36. The van der Waals surface area contributed by atoms with Gasteiger partial charge in [-0.05, 0) is 37.3 Å². The molecule has 1 heterocycles. The summed E-state index contributed by atoms with van der Waals surface area (Å²) >= 11 is 0. The number of rotatable bonds is 8. The topological polar surface area (TPSA) is 79.6 Å². The van der Waals surface area contributed by atoms with Gasteiger partial charge in [0, 0.05) is 24.9 Å². The third kappa shape index (κ3) is 4.57. The summed E-state index contributed by atoms with van der Waals surface area (Å²) in [5, 5.41) is 0. The fourth-order valence-electron chi connectivity index (χ4n) is 2.86. The maximum absolute atomic E-state index is 12.4. The number of furan rings is 1. The van der Waals surface area contributed by atoms with Crippen molar-refractivity contribution in [2.75, 3.05) is 12.8 Å². The minimum Gasteiger partial charge on any atom is -0.464 e. The molecule has 0 radical (unpaired) electrons. The molecule has 2 fully saturated rings. The first-order valence-corrected chi connectivity index (χ1v) is 10.1. The van der Waals surface area contributed by atoms with E-state index in [2.05, 4.69) is 11.6 Å². The zero-order valence-corrected chi connectivity index (χ0v) is 14.4. The Hall–Kier alpha value is -1.34. The van der Waals surface area contributed by atoms with Crippen LogP contribution in [0.1, 0.15) is 50.0 Å². The van der Waals surface area contributed by atoms with Crippen LogP contribution in [0, 0.1) is 5.92 Å². The molecule has 3 rings (SSSR count). The normalized spacial score (nSPS) is 23.7. The van der Waals surface area contributed by atoms with E-state index < -0.39 is 10.0 Å². The summed E-state index contributed by atoms with van der Waals surface area (Å²) in [5.41, 5.74) is 0. The molecule has 0 saturated heterocycles. The first-order chi connectivity index (χ1) is 10.8. The van der Waals surface area contributed by atoms with Crippen LogP contribution in [0.15, 0.2) is 16.5 Å². The zero-order chi connectivity index (χ0) is 16.6. The van der Waals surface area contributed by atoms with Gasteiger partial charge in [-0.2, -0.15) is 0 Å². The molecule has 1 aromatic rings. The molecule has 2 aliphatic carbocycles. The molecule has 2 aliphatic rings. The predicted molar refractivity (Wildman–Crippen MR) is 86.3 cm³/mol. The van der Waals surface area contributed by atoms with Crippen molar-refractivity contribution in [3.63, 3.8) is 0 Å². The molecule has 6 nitrogen and oxygen atoms in total. The summed E-state index contributed by atoms with van der Waals surface area (Å²) in [4.78, 5) is 14.2. The maximum Gasteiger partial charge on any atom is 0.224 e. The molecule has 0 aliphatic heterocycles. The number of sulfonamides is 1. The Bertz CT molecular complexity index is 678. The van der Waals surface area contributed by atoms with E-state index in [4.69, 9.17) is 4.42 Å². The van der Waals surface area contributed by atoms with Crippen molar-refractivity contribution >= 4 is 15.9 Å². The van der Waals surface area contributed by atoms with E-state index in [0.717, 1.165) is 30.6 Å². The van der Waals surface area contributed by atoms with Crippen molar-refractivity contribution in [2.45, 2.75) is 51.1 Å². The minimum atomic E-state index is -3.25. The van der Waals surface area contributed by atoms with Gasteiger partial charge in [0.1, 0.15) is 11.5 Å². The van der Waals surface area contributed by atoms with Crippen LogP contribution in [-0.4, -0.2) is 38.1 Å². The Balaban J connectivity index is 1.56. The fourth-order valence-corrected chi connectivity index (χ4v) is 3.33. The van der Waals surface area contributed by atoms with E-state index in [1.807, 2.05) is 17.0 Å². The lowest BCUT2D eigenvalue weighted by molar-refractivity contribution is -0.132. The fraction of sp³-hybridized carbons (Fsp3) is 0.688. The van der Waals surface area contributed by atoms with Crippen LogP contribution >= 0.6 is 0 Å². The molecule has 1 aromatic heterocycles. The second-order valence-electron chi connectivity index (χ2n) is 6.79. The lowest BCUT2D eigenvalue weighted by Gasteiger charge is -2.21. The van der Waals surface area contributed by atoms with E-state index in [-0.39, 0.29) is 24.9 Å². The van der Waals surface area contributed by atoms with Crippen LogP contribution in [0.3, 0.4) is 0 Å². The Kier molecular flexibility index (Phi) is 4.51. The second kappa shape index (κ2) is 6.28. The van der Waals surface area contributed by atoms with Gasteiger partial charge in [0.05, 0.1) is 12.8 Å². The summed E-state index contributed by atoms with van der Waals surface area (Å²) in [6.45, 7) is 2.83. The van der Waals surface area contributed by atoms with Crippen LogP contribution in [0.25, 0.3) is 0 Å². The number of hydrogen-bond donors (Lipinski definition) is 1. The lowest BCUT2D eigenvalue weighted by atomic mass is 10.3. The molecule has 7 heteroatoms. The molecule has 0 aromatic carbocycles. The van der Waals surface area contributed by atoms with E-state index in [1.165, 1.54) is 6.42 Å². The summed E-state index contributed by atoms with van der Waals surface area (Å²) < 4.78 is 30.4. The SMILES string of the molecule is C[C@H]1C[C@@H]1c1ccc(CN(C(=O)CCNS(C)(=O)=O)C2CC2)o1. The standard InChI is InChI=1S/C16H24N2O4S/c1-11-9-14(11)15-6-5-13(22-15)10-18(12-3-4-12)16(19)7-8-17-23(2,20)21/h5-6,11-12,14,17H,3-4,7-10H2,1-2H3/t11-,14-/m0/s1. The highest BCUT2D eigenvalue weighted by Gasteiger charge is 2.37. The van der Waals surface area contributed by atoms with Gasteiger partial charge in [0.2, 0.25) is 15.9 Å². The highest BCUT2D eigenvalue weighted by molar-refractivity contribution is 7.88. The maximum atomic E-state index is 12.4. The van der Waals surface area contributed by atoms with Crippen LogP contribution in [0.4, 0.5) is 0 Å². The molecule has 0 unspecified atom stereocenters. The van der Waals surface area contributed by atoms with E-state index in [0.29, 0.717) is 18.4 Å². The quantitative estimate of drug-likeness (QED) is 0.783. The number of carbonyl (C=O) groups excluding carboxylic acids is 1. The van der Waals surface area contributed by atoms with Crippen molar-refractivity contribution in [3.8, 4) is 0 Å². The Labute approximate surface area is 137 Å². The van der Waals surface area contributed by atoms with E-state index in [1.54, 1.807) is 0 Å². The number of nitrogens with one attached hydrogen (secondary N) is 1. The third-order valence-electron chi connectivity index (χ3n) is 4.49. The monoisotopic (exact) mass is 340 g/mol. The van der Waals surface area contributed by atoms with Crippen molar-refractivity contribution in [2.24, 2.45) is 5.92 Å². The molecule has 128 valence electrons. The zero-order valence-electron chi connectivity index (χ0n) is 13.6. The van der Waals surface area contributed by atoms with Crippen molar-refractivity contribution in [1.82, 2.24) is 9.62 Å². The summed E-state index contributed by atoms with van der Waals surface area (Å²) in [7, 11) is -3.25. The van der Waals surface area contributed by atoms with Gasteiger partial charge >= 0.3 is 0 Å². The van der Waals surface area contributed by atoms with Gasteiger partial charge < -0.3 is 9.32 Å². The van der Waals surface area contributed by atoms with Crippen LogP contribution in [-0.2, 0) is 21.4 Å². The lowest BCUT2D eigenvalue weighted by Crippen LogP contribution is -2.35. The van der Waals surface area contributed by atoms with Gasteiger partial charge in [-0.25, -0.2) is 13.1 Å². The number of hydrogen-bond acceptors (Lipinski definition) is 4. The Morgan fingerprint density at radius 2 is 2.09 bits per heavy atom. The van der Waals surface area contributed by atoms with Gasteiger partial charge in [-0.15, -0.1) is 0 Å². The first-order valence-electron chi connectivity index (χ1n) is 8.16. The molecular weight excluding hydrogens is 316 g/mol. The largest absolute Gasteiger partial charge is 0.464 e. The van der Waals surface area contributed by atoms with Crippen LogP contribution in [0.5, 0.6) is 0 Å². The van der Waals surface area contributed by atoms with Crippen LogP contribution in [0.2, 0.25) is 0 Å². The number of carbonyl (C=O) groups is 1. The molecule has 2 atom stereocenters. The van der Waals surface area contributed by atoms with Crippen molar-refractivity contribution in [1.29, 1.82) is 0 Å². The van der Waals surface area contributed by atoms with E-state index >= 15 is 0 Å². The van der Waals surface area contributed by atoms with Crippen molar-refractivity contribution < 1.29 is 17.6 Å². The summed E-state index contributed by atoms with van der Waals surface area (Å²) in [6, 6.07) is 4.25. The molecule has 0 spiro atoms. The predicted octanol–water partition coefficient (Wildman–Crippen LogP) is 1.83. The summed E-state index contributed by atoms with van der Waals surface area (Å²) in [6.07, 6.45) is 4.47. The highest BCUT2D eigenvalue weighted by Crippen LogP contribution is 2.47. The Morgan fingerprint density at radius 3 is 2.65 bits per heavy atom. The molecular formula is C16H24N2O4S. The Morgan fingerprint density at radius 1 is 1.39 bits per heavy atom. The van der Waals surface area contributed by atoms with Gasteiger partial charge in [-0.1, -0.05) is 6.92 Å². The van der Waals surface area contributed by atoms with Crippen molar-refractivity contribution in [3.05, 3.63) is 23.7 Å².